The average molecular weight is 385 g/mol. The number of aryl methyl sites for hydroxylation is 1. The first-order chi connectivity index (χ1) is 11.8. The first-order valence-corrected chi connectivity index (χ1v) is 9.81. The van der Waals surface area contributed by atoms with Crippen molar-refractivity contribution in [1.82, 2.24) is 0 Å². The molecule has 0 N–H and O–H groups in total. The molecule has 0 fully saturated rings. The van der Waals surface area contributed by atoms with E-state index in [0.29, 0.717) is 5.33 Å². The third-order valence-corrected chi connectivity index (χ3v) is 4.13. The highest BCUT2D eigenvalue weighted by atomic mass is 79.9. The summed E-state index contributed by atoms with van der Waals surface area (Å²) in [5, 5.41) is 0.664. The molecule has 2 aromatic carbocycles. The lowest BCUT2D eigenvalue weighted by Gasteiger charge is -2.10. The van der Waals surface area contributed by atoms with Gasteiger partial charge in [0.2, 0.25) is 0 Å². The molecule has 0 unspecified atom stereocenters. The zero-order chi connectivity index (χ0) is 17.2. The minimum absolute atomic E-state index is 0.664. The largest absolute Gasteiger partial charge is 0.492 e. The van der Waals surface area contributed by atoms with Crippen LogP contribution in [0.3, 0.4) is 0 Å². The molecule has 0 aliphatic carbocycles. The van der Waals surface area contributed by atoms with Crippen LogP contribution in [0.5, 0.6) is 5.75 Å². The summed E-state index contributed by atoms with van der Waals surface area (Å²) >= 11 is 3.37. The molecular formula is C22H25BrO. The van der Waals surface area contributed by atoms with Crippen molar-refractivity contribution in [3.8, 4) is 28.7 Å². The number of halogens is 1. The molecule has 2 heteroatoms. The van der Waals surface area contributed by atoms with Gasteiger partial charge in [0.25, 0.3) is 0 Å². The van der Waals surface area contributed by atoms with Crippen LogP contribution in [-0.4, -0.2) is 11.9 Å². The number of hydrogen-bond acceptors (Lipinski definition) is 1. The number of alkyl halides is 1. The minimum atomic E-state index is 0.664. The highest BCUT2D eigenvalue weighted by Gasteiger charge is 2.05. The van der Waals surface area contributed by atoms with Crippen molar-refractivity contribution < 1.29 is 4.74 Å². The molecule has 126 valence electrons. The summed E-state index contributed by atoms with van der Waals surface area (Å²) in [6, 6.07) is 15.1. The minimum Gasteiger partial charge on any atom is -0.492 e. The molecule has 0 saturated heterocycles. The maximum Gasteiger partial charge on any atom is 0.134 e. The molecule has 0 saturated carbocycles. The number of rotatable bonds is 7. The zero-order valence-corrected chi connectivity index (χ0v) is 16.2. The van der Waals surface area contributed by atoms with Gasteiger partial charge in [-0.15, -0.1) is 0 Å². The number of benzene rings is 2. The van der Waals surface area contributed by atoms with Gasteiger partial charge in [-0.2, -0.15) is 0 Å². The number of hydrogen-bond donors (Lipinski definition) is 0. The van der Waals surface area contributed by atoms with Crippen LogP contribution < -0.4 is 4.74 Å². The van der Waals surface area contributed by atoms with Gasteiger partial charge in [0.1, 0.15) is 5.75 Å². The van der Waals surface area contributed by atoms with Crippen molar-refractivity contribution in [3.05, 3.63) is 53.6 Å². The van der Waals surface area contributed by atoms with E-state index in [2.05, 4.69) is 78.0 Å². The summed E-state index contributed by atoms with van der Waals surface area (Å²) in [7, 11) is 0. The summed E-state index contributed by atoms with van der Waals surface area (Å²) in [4.78, 5) is 0. The Hall–Kier alpha value is -1.72. The van der Waals surface area contributed by atoms with Crippen molar-refractivity contribution in [2.24, 2.45) is 0 Å². The molecule has 0 aliphatic rings. The standard InChI is InChI=1S/C22H25BrO/c1-3-5-16-24-22-14-13-20(17-21(22)8-6-15-23)19-11-9-18(7-4-2)10-12-19/h9-14,17H,3-5,7,15-16H2,1-2H3. The van der Waals surface area contributed by atoms with Crippen molar-refractivity contribution in [3.63, 3.8) is 0 Å². The first-order valence-electron chi connectivity index (χ1n) is 8.69. The topological polar surface area (TPSA) is 9.23 Å². The average Bonchev–Trinajstić information content (AvgIpc) is 2.62. The van der Waals surface area contributed by atoms with Crippen LogP contribution in [0.15, 0.2) is 42.5 Å². The van der Waals surface area contributed by atoms with Gasteiger partial charge in [-0.05, 0) is 41.7 Å². The Labute approximate surface area is 154 Å². The van der Waals surface area contributed by atoms with E-state index in [1.54, 1.807) is 0 Å². The lowest BCUT2D eigenvalue weighted by atomic mass is 10.00. The van der Waals surface area contributed by atoms with E-state index in [0.717, 1.165) is 37.2 Å². The number of ether oxygens (including phenoxy) is 1. The molecule has 2 rings (SSSR count). The highest BCUT2D eigenvalue weighted by Crippen LogP contribution is 2.27. The zero-order valence-electron chi connectivity index (χ0n) is 14.6. The second-order valence-electron chi connectivity index (χ2n) is 5.80. The normalized spacial score (nSPS) is 10.1. The van der Waals surface area contributed by atoms with Gasteiger partial charge in [0.15, 0.2) is 0 Å². The fraction of sp³-hybridized carbons (Fsp3) is 0.364. The van der Waals surface area contributed by atoms with E-state index in [1.165, 1.54) is 23.1 Å². The Morgan fingerprint density at radius 1 is 0.958 bits per heavy atom. The maximum atomic E-state index is 5.90. The Balaban J connectivity index is 2.27. The molecule has 1 nitrogen and oxygen atoms in total. The predicted octanol–water partition coefficient (Wildman–Crippen LogP) is 6.23. The Kier molecular flexibility index (Phi) is 7.92. The van der Waals surface area contributed by atoms with Gasteiger partial charge >= 0.3 is 0 Å². The fourth-order valence-electron chi connectivity index (χ4n) is 2.54. The van der Waals surface area contributed by atoms with E-state index in [9.17, 15) is 0 Å². The lowest BCUT2D eigenvalue weighted by Crippen LogP contribution is -1.98. The van der Waals surface area contributed by atoms with Gasteiger partial charge in [0, 0.05) is 0 Å². The smallest absolute Gasteiger partial charge is 0.134 e. The summed E-state index contributed by atoms with van der Waals surface area (Å²) in [6.45, 7) is 5.12. The van der Waals surface area contributed by atoms with Crippen LogP contribution in [0, 0.1) is 11.8 Å². The molecule has 0 radical (unpaired) electrons. The first kappa shape index (κ1) is 18.6. The van der Waals surface area contributed by atoms with Crippen LogP contribution in [0.2, 0.25) is 0 Å². The third-order valence-electron chi connectivity index (χ3n) is 3.85. The van der Waals surface area contributed by atoms with E-state index in [4.69, 9.17) is 4.74 Å². The fourth-order valence-corrected chi connectivity index (χ4v) is 2.68. The van der Waals surface area contributed by atoms with Crippen LogP contribution >= 0.6 is 15.9 Å². The molecule has 0 bridgehead atoms. The van der Waals surface area contributed by atoms with Gasteiger partial charge in [-0.1, -0.05) is 84.8 Å². The second-order valence-corrected chi connectivity index (χ2v) is 6.36. The molecular weight excluding hydrogens is 360 g/mol. The molecule has 0 atom stereocenters. The summed E-state index contributed by atoms with van der Waals surface area (Å²) in [5.41, 5.74) is 4.75. The van der Waals surface area contributed by atoms with Gasteiger partial charge in [0.05, 0.1) is 17.5 Å². The molecule has 0 aromatic heterocycles. The van der Waals surface area contributed by atoms with E-state index < -0.39 is 0 Å². The van der Waals surface area contributed by atoms with Crippen LogP contribution in [-0.2, 0) is 6.42 Å². The quantitative estimate of drug-likeness (QED) is 0.312. The Bertz CT molecular complexity index is 692. The van der Waals surface area contributed by atoms with Crippen LogP contribution in [0.4, 0.5) is 0 Å². The predicted molar refractivity (Wildman–Crippen MR) is 107 cm³/mol. The summed E-state index contributed by atoms with van der Waals surface area (Å²) in [6.07, 6.45) is 4.50. The Morgan fingerprint density at radius 3 is 2.38 bits per heavy atom. The van der Waals surface area contributed by atoms with Crippen LogP contribution in [0.25, 0.3) is 11.1 Å². The molecule has 0 aliphatic heterocycles. The van der Waals surface area contributed by atoms with Crippen molar-refractivity contribution in [2.45, 2.75) is 39.5 Å². The lowest BCUT2D eigenvalue weighted by molar-refractivity contribution is 0.308. The summed E-state index contributed by atoms with van der Waals surface area (Å²) < 4.78 is 5.90. The van der Waals surface area contributed by atoms with Crippen molar-refractivity contribution >= 4 is 15.9 Å². The van der Waals surface area contributed by atoms with Crippen molar-refractivity contribution in [2.75, 3.05) is 11.9 Å². The van der Waals surface area contributed by atoms with Crippen LogP contribution in [0.1, 0.15) is 44.2 Å². The van der Waals surface area contributed by atoms with E-state index >= 15 is 0 Å². The van der Waals surface area contributed by atoms with Gasteiger partial charge < -0.3 is 4.74 Å². The van der Waals surface area contributed by atoms with E-state index in [1.807, 2.05) is 6.07 Å². The SMILES string of the molecule is CCCCOc1ccc(-c2ccc(CCC)cc2)cc1C#CCBr. The molecule has 0 spiro atoms. The van der Waals surface area contributed by atoms with Gasteiger partial charge in [-0.3, -0.25) is 0 Å². The third kappa shape index (κ3) is 5.42. The maximum absolute atomic E-state index is 5.90. The molecule has 24 heavy (non-hydrogen) atoms. The molecule has 0 amide bonds. The molecule has 0 heterocycles. The molecule has 2 aromatic rings. The second kappa shape index (κ2) is 10.2. The van der Waals surface area contributed by atoms with E-state index in [-0.39, 0.29) is 0 Å². The highest BCUT2D eigenvalue weighted by molar-refractivity contribution is 9.09. The monoisotopic (exact) mass is 384 g/mol. The summed E-state index contributed by atoms with van der Waals surface area (Å²) in [5.74, 6) is 7.17. The Morgan fingerprint density at radius 2 is 1.71 bits per heavy atom. The van der Waals surface area contributed by atoms with Gasteiger partial charge in [-0.25, -0.2) is 0 Å². The van der Waals surface area contributed by atoms with Crippen molar-refractivity contribution in [1.29, 1.82) is 0 Å². The number of unbranched alkanes of at least 4 members (excludes halogenated alkanes) is 1.